The average Bonchev–Trinajstić information content (AvgIpc) is 3.54. The van der Waals surface area contributed by atoms with Crippen LogP contribution in [0.15, 0.2) is 89.0 Å². The fourth-order valence-corrected chi connectivity index (χ4v) is 6.32. The summed E-state index contributed by atoms with van der Waals surface area (Å²) in [5.41, 5.74) is 6.65. The second-order valence-electron chi connectivity index (χ2n) is 12.7. The van der Waals surface area contributed by atoms with E-state index in [0.717, 1.165) is 71.2 Å². The molecular weight excluding hydrogens is 681 g/mol. The first-order valence-electron chi connectivity index (χ1n) is 17.3. The highest BCUT2D eigenvalue weighted by Gasteiger charge is 2.26. The van der Waals surface area contributed by atoms with Gasteiger partial charge in [-0.25, -0.2) is 14.4 Å². The topological polar surface area (TPSA) is 123 Å². The van der Waals surface area contributed by atoms with Crippen molar-refractivity contribution in [2.75, 3.05) is 47.4 Å². The Hall–Kier alpha value is -4.99. The summed E-state index contributed by atoms with van der Waals surface area (Å²) < 4.78 is 20.3. The Balaban J connectivity index is 0.000000439. The number of phenols is 1. The van der Waals surface area contributed by atoms with Crippen LogP contribution in [0.5, 0.6) is 11.5 Å². The van der Waals surface area contributed by atoms with Crippen LogP contribution >= 0.6 is 12.4 Å². The molecule has 9 nitrogen and oxygen atoms in total. The number of nitrogens with zero attached hydrogens (tertiary/aromatic N) is 3. The number of halogens is 2. The van der Waals surface area contributed by atoms with Crippen molar-refractivity contribution in [3.05, 3.63) is 107 Å². The number of aryl methyl sites for hydroxylation is 2. The summed E-state index contributed by atoms with van der Waals surface area (Å²) in [5.74, 6) is -0.430. The lowest BCUT2D eigenvalue weighted by atomic mass is 9.82. The number of para-hydroxylation sites is 1. The Labute approximate surface area is 310 Å². The highest BCUT2D eigenvalue weighted by Crippen LogP contribution is 2.42. The van der Waals surface area contributed by atoms with Crippen molar-refractivity contribution in [2.24, 2.45) is 9.98 Å². The first-order chi connectivity index (χ1) is 24.7. The zero-order valence-electron chi connectivity index (χ0n) is 30.1. The van der Waals surface area contributed by atoms with Gasteiger partial charge in [0.05, 0.1) is 32.3 Å². The Morgan fingerprint density at radius 3 is 2.42 bits per heavy atom. The van der Waals surface area contributed by atoms with Crippen LogP contribution < -0.4 is 10.1 Å². The normalized spacial score (nSPS) is 12.0. The zero-order chi connectivity index (χ0) is 36.3. The molecule has 4 aromatic carbocycles. The molecule has 0 radical (unpaired) electrons. The number of rotatable bonds is 12. The second kappa shape index (κ2) is 19.0. The molecule has 4 N–H and O–H groups in total. The smallest absolute Gasteiger partial charge is 0.252 e. The summed E-state index contributed by atoms with van der Waals surface area (Å²) in [7, 11) is 5.63. The van der Waals surface area contributed by atoms with Crippen LogP contribution in [-0.4, -0.2) is 85.5 Å². The van der Waals surface area contributed by atoms with Gasteiger partial charge in [-0.2, -0.15) is 0 Å². The Morgan fingerprint density at radius 1 is 1.00 bits per heavy atom. The average molecular weight is 728 g/mol. The molecule has 0 saturated carbocycles. The number of hydrogen-bond acceptors (Lipinski definition) is 7. The number of methoxy groups -OCH3 is 1. The minimum atomic E-state index is -0.559. The monoisotopic (exact) mass is 727 g/mol. The predicted octanol–water partition coefficient (Wildman–Crippen LogP) is 7.34. The van der Waals surface area contributed by atoms with Crippen molar-refractivity contribution in [1.29, 1.82) is 0 Å². The quantitative estimate of drug-likeness (QED) is 0.0792. The van der Waals surface area contributed by atoms with Crippen LogP contribution in [0, 0.1) is 5.82 Å². The van der Waals surface area contributed by atoms with E-state index < -0.39 is 17.8 Å². The van der Waals surface area contributed by atoms with Crippen LogP contribution in [0.2, 0.25) is 0 Å². The van der Waals surface area contributed by atoms with E-state index >= 15 is 4.39 Å². The van der Waals surface area contributed by atoms with Crippen molar-refractivity contribution in [1.82, 2.24) is 15.2 Å². The van der Waals surface area contributed by atoms with E-state index in [-0.39, 0.29) is 24.8 Å². The predicted molar refractivity (Wildman–Crippen MR) is 209 cm³/mol. The van der Waals surface area contributed by atoms with Crippen molar-refractivity contribution in [3.63, 3.8) is 0 Å². The van der Waals surface area contributed by atoms with Gasteiger partial charge in [0.25, 0.3) is 5.91 Å². The van der Waals surface area contributed by atoms with Gasteiger partial charge >= 0.3 is 0 Å². The maximum absolute atomic E-state index is 15.0. The minimum Gasteiger partial charge on any atom is -0.504 e. The van der Waals surface area contributed by atoms with Crippen molar-refractivity contribution in [3.8, 4) is 33.8 Å². The SMILES string of the molecule is CCN=C=NCCCN(C)C.COc1cc2c(cc1O)-c1cc(C(=O)N[C@@H](CO)Cc3c[nH]c4ccccc34)c(-c3ccccc3F)cc1CC2.Cl. The summed E-state index contributed by atoms with van der Waals surface area (Å²) in [6, 6.07) is 23.5. The third kappa shape index (κ3) is 9.66. The van der Waals surface area contributed by atoms with Crippen LogP contribution in [0.4, 0.5) is 4.39 Å². The van der Waals surface area contributed by atoms with Gasteiger partial charge < -0.3 is 30.2 Å². The molecule has 1 aliphatic carbocycles. The molecule has 5 aromatic rings. The first kappa shape index (κ1) is 39.8. The summed E-state index contributed by atoms with van der Waals surface area (Å²) in [6.45, 7) is 4.40. The number of aliphatic hydroxyl groups excluding tert-OH is 1. The zero-order valence-corrected chi connectivity index (χ0v) is 30.9. The van der Waals surface area contributed by atoms with E-state index in [1.165, 1.54) is 13.2 Å². The van der Waals surface area contributed by atoms with Gasteiger partial charge in [0.15, 0.2) is 11.5 Å². The van der Waals surface area contributed by atoms with Crippen molar-refractivity contribution in [2.45, 2.75) is 38.6 Å². The number of aromatic hydroxyl groups is 1. The molecule has 11 heteroatoms. The first-order valence-corrected chi connectivity index (χ1v) is 17.3. The standard InChI is InChI=1S/C33H29FN2O4.C8H17N3.ClH/c1-40-32-14-20-11-10-19-13-27(24-7-2-4-8-29(24)34)28(15-25(19)26(20)16-31(32)38)33(39)36-22(18-37)12-21-17-35-30-9-5-3-6-23(21)30;1-4-9-8-10-6-5-7-11(2)3;/h2-9,13-17,22,35,37-38H,10-12,18H2,1H3,(H,36,39);4-7H2,1-3H3;1H/t22-;;/m1../s1. The fourth-order valence-electron chi connectivity index (χ4n) is 6.32. The highest BCUT2D eigenvalue weighted by molar-refractivity contribution is 6.03. The molecule has 1 heterocycles. The number of aromatic nitrogens is 1. The number of amides is 1. The number of fused-ring (bicyclic) bond motifs is 4. The Bertz CT molecular complexity index is 2040. The molecule has 0 bridgehead atoms. The number of aromatic amines is 1. The van der Waals surface area contributed by atoms with Crippen molar-refractivity contribution >= 4 is 35.2 Å². The molecular formula is C41H47ClFN5O4. The lowest BCUT2D eigenvalue weighted by Crippen LogP contribution is -2.39. The van der Waals surface area contributed by atoms with Gasteiger partial charge in [-0.15, -0.1) is 12.4 Å². The number of aliphatic hydroxyl groups is 1. The van der Waals surface area contributed by atoms with E-state index in [0.29, 0.717) is 35.3 Å². The lowest BCUT2D eigenvalue weighted by molar-refractivity contribution is 0.0917. The van der Waals surface area contributed by atoms with Gasteiger partial charge in [-0.3, -0.25) is 4.79 Å². The maximum Gasteiger partial charge on any atom is 0.252 e. The fraction of sp³-hybridized carbons (Fsp3) is 0.317. The van der Waals surface area contributed by atoms with E-state index in [1.54, 1.807) is 30.3 Å². The summed E-state index contributed by atoms with van der Waals surface area (Å²) in [5, 5.41) is 24.7. The molecule has 1 aromatic heterocycles. The largest absolute Gasteiger partial charge is 0.504 e. The molecule has 0 spiro atoms. The molecule has 6 rings (SSSR count). The molecule has 1 atom stereocenters. The van der Waals surface area contributed by atoms with E-state index in [2.05, 4.69) is 45.3 Å². The maximum atomic E-state index is 15.0. The van der Waals surface area contributed by atoms with Gasteiger partial charge in [-0.1, -0.05) is 36.4 Å². The van der Waals surface area contributed by atoms with Crippen LogP contribution in [0.25, 0.3) is 33.2 Å². The molecule has 0 saturated heterocycles. The van der Waals surface area contributed by atoms with Crippen LogP contribution in [-0.2, 0) is 19.3 Å². The number of carbonyl (C=O) groups is 1. The molecule has 52 heavy (non-hydrogen) atoms. The minimum absolute atomic E-state index is 0. The number of benzene rings is 4. The van der Waals surface area contributed by atoms with Crippen LogP contribution in [0.3, 0.4) is 0 Å². The Morgan fingerprint density at radius 2 is 1.71 bits per heavy atom. The molecule has 0 fully saturated rings. The third-order valence-corrected chi connectivity index (χ3v) is 8.88. The van der Waals surface area contributed by atoms with Gasteiger partial charge in [0, 0.05) is 34.8 Å². The summed E-state index contributed by atoms with van der Waals surface area (Å²) >= 11 is 0. The molecule has 0 unspecified atom stereocenters. The van der Waals surface area contributed by atoms with Gasteiger partial charge in [0.2, 0.25) is 0 Å². The van der Waals surface area contributed by atoms with E-state index in [9.17, 15) is 15.0 Å². The number of ether oxygens (including phenoxy) is 1. The van der Waals surface area contributed by atoms with Crippen LogP contribution in [0.1, 0.15) is 40.4 Å². The summed E-state index contributed by atoms with van der Waals surface area (Å²) in [4.78, 5) is 27.1. The molecule has 0 aliphatic heterocycles. The number of H-pyrrole nitrogens is 1. The number of aliphatic imine (C=N–C) groups is 2. The Kier molecular flexibility index (Phi) is 14.6. The number of hydrogen-bond donors (Lipinski definition) is 4. The third-order valence-electron chi connectivity index (χ3n) is 8.88. The summed E-state index contributed by atoms with van der Waals surface area (Å²) in [6.07, 6.45) is 4.81. The highest BCUT2D eigenvalue weighted by atomic mass is 35.5. The number of carbonyl (C=O) groups excluding carboxylic acids is 1. The molecule has 274 valence electrons. The van der Waals surface area contributed by atoms with E-state index in [4.69, 9.17) is 4.74 Å². The molecule has 1 amide bonds. The van der Waals surface area contributed by atoms with E-state index in [1.807, 2.05) is 49.5 Å². The lowest BCUT2D eigenvalue weighted by Gasteiger charge is -2.24. The van der Waals surface area contributed by atoms with Gasteiger partial charge in [0.1, 0.15) is 5.82 Å². The van der Waals surface area contributed by atoms with Gasteiger partial charge in [-0.05, 0) is 123 Å². The number of phenolic OH excluding ortho intramolecular Hbond substituents is 1. The van der Waals surface area contributed by atoms with Crippen molar-refractivity contribution < 1.29 is 24.1 Å². The number of nitrogens with one attached hydrogen (secondary N) is 2. The second-order valence-corrected chi connectivity index (χ2v) is 12.7. The molecule has 1 aliphatic rings.